The number of carbonyl (C=O) groups excluding carboxylic acids is 3. The third-order valence-corrected chi connectivity index (χ3v) is 8.30. The van der Waals surface area contributed by atoms with Crippen molar-refractivity contribution < 1.29 is 23.9 Å². The lowest BCUT2D eigenvalue weighted by Crippen LogP contribution is -2.59. The highest BCUT2D eigenvalue weighted by Crippen LogP contribution is 2.27. The number of hydrogen-bond donors (Lipinski definition) is 1. The van der Waals surface area contributed by atoms with Gasteiger partial charge in [0.2, 0.25) is 17.7 Å². The van der Waals surface area contributed by atoms with Gasteiger partial charge in [-0.05, 0) is 51.6 Å². The molecule has 0 aromatic rings. The van der Waals surface area contributed by atoms with Crippen molar-refractivity contribution in [2.45, 2.75) is 111 Å². The second-order valence-corrected chi connectivity index (χ2v) is 11.9. The van der Waals surface area contributed by atoms with Crippen LogP contribution in [0.1, 0.15) is 74.1 Å². The maximum absolute atomic E-state index is 13.9. The van der Waals surface area contributed by atoms with Crippen LogP contribution in [0.25, 0.3) is 0 Å². The van der Waals surface area contributed by atoms with Gasteiger partial charge in [-0.25, -0.2) is 0 Å². The number of rotatable bonds is 15. The van der Waals surface area contributed by atoms with Gasteiger partial charge in [0.05, 0.1) is 36.8 Å². The zero-order valence-corrected chi connectivity index (χ0v) is 26.1. The quantitative estimate of drug-likeness (QED) is 0.343. The van der Waals surface area contributed by atoms with E-state index in [1.54, 1.807) is 26.2 Å². The average Bonchev–Trinajstić information content (AvgIpc) is 3.35. The number of hydrogen-bond acceptors (Lipinski definition) is 6. The summed E-state index contributed by atoms with van der Waals surface area (Å²) < 4.78 is 11.4. The summed E-state index contributed by atoms with van der Waals surface area (Å²) in [6.07, 6.45) is 2.37. The number of likely N-dealkylation sites (N-methyl/N-ethyl adjacent to an activating group) is 2. The van der Waals surface area contributed by atoms with Crippen LogP contribution in [0.15, 0.2) is 0 Å². The molecule has 222 valence electrons. The molecule has 0 radical (unpaired) electrons. The van der Waals surface area contributed by atoms with Crippen LogP contribution < -0.4 is 5.32 Å². The summed E-state index contributed by atoms with van der Waals surface area (Å²) in [5.74, 6) is -0.222. The zero-order valence-electron chi connectivity index (χ0n) is 26.1. The minimum atomic E-state index is -0.682. The summed E-state index contributed by atoms with van der Waals surface area (Å²) in [5, 5.41) is 3.04. The van der Waals surface area contributed by atoms with Crippen LogP contribution in [-0.4, -0.2) is 111 Å². The molecule has 1 aliphatic heterocycles. The monoisotopic (exact) mass is 540 g/mol. The lowest BCUT2D eigenvalue weighted by Gasteiger charge is -2.41. The molecule has 0 aromatic heterocycles. The Morgan fingerprint density at radius 2 is 1.58 bits per heavy atom. The first-order valence-corrected chi connectivity index (χ1v) is 14.3. The van der Waals surface area contributed by atoms with E-state index in [0.717, 1.165) is 19.3 Å². The minimum absolute atomic E-state index is 0.0249. The fourth-order valence-electron chi connectivity index (χ4n) is 5.87. The van der Waals surface area contributed by atoms with Crippen molar-refractivity contribution >= 4 is 17.7 Å². The third kappa shape index (κ3) is 8.65. The van der Waals surface area contributed by atoms with Crippen molar-refractivity contribution in [3.8, 4) is 0 Å². The van der Waals surface area contributed by atoms with Crippen LogP contribution in [0.2, 0.25) is 0 Å². The normalized spacial score (nSPS) is 20.8. The van der Waals surface area contributed by atoms with Gasteiger partial charge in [0, 0.05) is 27.8 Å². The highest BCUT2D eigenvalue weighted by molar-refractivity contribution is 5.90. The minimum Gasteiger partial charge on any atom is -0.380 e. The van der Waals surface area contributed by atoms with Crippen LogP contribution in [0.5, 0.6) is 0 Å². The maximum Gasteiger partial charge on any atom is 0.245 e. The van der Waals surface area contributed by atoms with E-state index in [9.17, 15) is 14.4 Å². The summed E-state index contributed by atoms with van der Waals surface area (Å²) in [6.45, 7) is 14.8. The Bertz CT molecular complexity index is 751. The first kappa shape index (κ1) is 34.3. The summed E-state index contributed by atoms with van der Waals surface area (Å²) in [6, 6.07) is -1.29. The van der Waals surface area contributed by atoms with Crippen molar-refractivity contribution in [3.05, 3.63) is 0 Å². The van der Waals surface area contributed by atoms with Gasteiger partial charge in [-0.15, -0.1) is 0 Å². The Morgan fingerprint density at radius 1 is 0.974 bits per heavy atom. The van der Waals surface area contributed by atoms with Crippen molar-refractivity contribution in [3.63, 3.8) is 0 Å². The topological polar surface area (TPSA) is 91.4 Å². The molecule has 9 heteroatoms. The van der Waals surface area contributed by atoms with Gasteiger partial charge < -0.3 is 24.6 Å². The highest BCUT2D eigenvalue weighted by atomic mass is 16.5. The van der Waals surface area contributed by atoms with Crippen LogP contribution in [-0.2, 0) is 23.9 Å². The molecule has 7 unspecified atom stereocenters. The molecule has 38 heavy (non-hydrogen) atoms. The highest BCUT2D eigenvalue weighted by Gasteiger charge is 2.40. The predicted octanol–water partition coefficient (Wildman–Crippen LogP) is 3.02. The van der Waals surface area contributed by atoms with Gasteiger partial charge in [0.1, 0.15) is 6.04 Å². The largest absolute Gasteiger partial charge is 0.380 e. The number of methoxy groups -OCH3 is 2. The molecular weight excluding hydrogens is 484 g/mol. The fourth-order valence-corrected chi connectivity index (χ4v) is 5.87. The summed E-state index contributed by atoms with van der Waals surface area (Å²) in [7, 11) is 8.81. The van der Waals surface area contributed by atoms with Crippen molar-refractivity contribution in [2.24, 2.45) is 17.8 Å². The number of amides is 3. The van der Waals surface area contributed by atoms with E-state index in [1.807, 2.05) is 58.5 Å². The number of nitrogens with zero attached hydrogens (tertiary/aromatic N) is 3. The Hall–Kier alpha value is -1.71. The molecule has 1 saturated heterocycles. The Balaban J connectivity index is 3.19. The maximum atomic E-state index is 13.9. The lowest BCUT2D eigenvalue weighted by atomic mass is 9.89. The first-order valence-electron chi connectivity index (χ1n) is 14.3. The third-order valence-electron chi connectivity index (χ3n) is 8.30. The standard InChI is InChI=1S/C29H56N4O5/c1-13-20(6)27(23(38-12)17-24(34)33-16-14-15-22(33)21(7)37-11)32(10)29(36)25(18(2)3)30-28(35)26(19(4)5)31(8)9/h18-23,25-27H,13-17H2,1-12H3,(H,30,35). The molecule has 7 atom stereocenters. The summed E-state index contributed by atoms with van der Waals surface area (Å²) in [4.78, 5) is 46.1. The van der Waals surface area contributed by atoms with E-state index in [4.69, 9.17) is 9.47 Å². The second-order valence-electron chi connectivity index (χ2n) is 11.9. The molecule has 0 spiro atoms. The van der Waals surface area contributed by atoms with Gasteiger partial charge >= 0.3 is 0 Å². The number of ether oxygens (including phenoxy) is 2. The van der Waals surface area contributed by atoms with Gasteiger partial charge in [0.25, 0.3) is 0 Å². The molecule has 3 amide bonds. The number of likely N-dealkylation sites (tertiary alicyclic amines) is 1. The van der Waals surface area contributed by atoms with E-state index in [2.05, 4.69) is 19.2 Å². The van der Waals surface area contributed by atoms with E-state index in [-0.39, 0.29) is 66.1 Å². The molecule has 0 bridgehead atoms. The van der Waals surface area contributed by atoms with Crippen LogP contribution in [0.3, 0.4) is 0 Å². The summed E-state index contributed by atoms with van der Waals surface area (Å²) >= 11 is 0. The van der Waals surface area contributed by atoms with E-state index in [1.165, 1.54) is 0 Å². The molecule has 0 aliphatic carbocycles. The molecular formula is C29H56N4O5. The Labute approximate surface area is 231 Å². The number of nitrogens with one attached hydrogen (secondary N) is 1. The van der Waals surface area contributed by atoms with E-state index >= 15 is 0 Å². The molecule has 0 aromatic carbocycles. The zero-order chi connectivity index (χ0) is 29.3. The van der Waals surface area contributed by atoms with Crippen LogP contribution in [0, 0.1) is 17.8 Å². The van der Waals surface area contributed by atoms with Crippen LogP contribution >= 0.6 is 0 Å². The molecule has 0 saturated carbocycles. The van der Waals surface area contributed by atoms with Crippen molar-refractivity contribution in [1.29, 1.82) is 0 Å². The molecule has 9 nitrogen and oxygen atoms in total. The SMILES string of the molecule is CCC(C)C(C(CC(=O)N1CCCC1C(C)OC)OC)N(C)C(=O)C(NC(=O)C(C(C)C)N(C)C)C(C)C. The van der Waals surface area contributed by atoms with E-state index < -0.39 is 12.1 Å². The molecule has 1 fully saturated rings. The summed E-state index contributed by atoms with van der Waals surface area (Å²) in [5.41, 5.74) is 0. The second kappa shape index (κ2) is 15.8. The van der Waals surface area contributed by atoms with E-state index in [0.29, 0.717) is 6.54 Å². The Morgan fingerprint density at radius 3 is 2.03 bits per heavy atom. The lowest BCUT2D eigenvalue weighted by molar-refractivity contribution is -0.147. The van der Waals surface area contributed by atoms with Gasteiger partial charge in [-0.2, -0.15) is 0 Å². The van der Waals surface area contributed by atoms with Gasteiger partial charge in [0.15, 0.2) is 0 Å². The Kier molecular flexibility index (Phi) is 14.2. The fraction of sp³-hybridized carbons (Fsp3) is 0.897. The molecule has 1 N–H and O–H groups in total. The van der Waals surface area contributed by atoms with Crippen molar-refractivity contribution in [2.75, 3.05) is 41.9 Å². The molecule has 1 rings (SSSR count). The molecule has 1 aliphatic rings. The number of carbonyl (C=O) groups is 3. The van der Waals surface area contributed by atoms with Crippen LogP contribution in [0.4, 0.5) is 0 Å². The molecule has 1 heterocycles. The van der Waals surface area contributed by atoms with Crippen molar-refractivity contribution in [1.82, 2.24) is 20.0 Å². The smallest absolute Gasteiger partial charge is 0.245 e. The van der Waals surface area contributed by atoms with Gasteiger partial charge in [-0.3, -0.25) is 19.3 Å². The van der Waals surface area contributed by atoms with Gasteiger partial charge in [-0.1, -0.05) is 48.0 Å². The average molecular weight is 541 g/mol. The first-order chi connectivity index (χ1) is 17.7. The predicted molar refractivity (Wildman–Crippen MR) is 152 cm³/mol.